The van der Waals surface area contributed by atoms with Gasteiger partial charge in [-0.2, -0.15) is 4.98 Å². The van der Waals surface area contributed by atoms with E-state index in [0.717, 1.165) is 11.6 Å². The van der Waals surface area contributed by atoms with Gasteiger partial charge in [0.2, 0.25) is 5.89 Å². The number of hydrogen-bond acceptors (Lipinski definition) is 4. The lowest BCUT2D eigenvalue weighted by atomic mass is 10.2. The van der Waals surface area contributed by atoms with E-state index in [1.54, 1.807) is 6.92 Å². The summed E-state index contributed by atoms with van der Waals surface area (Å²) in [7, 11) is 0. The summed E-state index contributed by atoms with van der Waals surface area (Å²) < 4.78 is 4.98. The molecule has 0 spiro atoms. The Balaban J connectivity index is 1.82. The maximum atomic E-state index is 5.79. The first-order valence-electron chi connectivity index (χ1n) is 4.98. The van der Waals surface area contributed by atoms with Crippen molar-refractivity contribution in [2.24, 2.45) is 0 Å². The predicted molar refractivity (Wildman–Crippen MR) is 61.0 cm³/mol. The minimum absolute atomic E-state index is 0.573. The van der Waals surface area contributed by atoms with E-state index >= 15 is 0 Å². The van der Waals surface area contributed by atoms with Crippen LogP contribution >= 0.6 is 11.6 Å². The van der Waals surface area contributed by atoms with Crippen LogP contribution in [0.15, 0.2) is 28.8 Å². The van der Waals surface area contributed by atoms with E-state index in [0.29, 0.717) is 18.3 Å². The molecule has 1 aromatic carbocycles. The maximum absolute atomic E-state index is 5.79. The van der Waals surface area contributed by atoms with Crippen molar-refractivity contribution in [3.63, 3.8) is 0 Å². The minimum Gasteiger partial charge on any atom is -0.338 e. The van der Waals surface area contributed by atoms with Crippen molar-refractivity contribution in [2.75, 3.05) is 0 Å². The van der Waals surface area contributed by atoms with Crippen LogP contribution in [0, 0.1) is 6.92 Å². The van der Waals surface area contributed by atoms with E-state index < -0.39 is 0 Å². The van der Waals surface area contributed by atoms with E-state index in [9.17, 15) is 0 Å². The number of aryl methyl sites for hydroxylation is 1. The number of aromatic nitrogens is 2. The summed E-state index contributed by atoms with van der Waals surface area (Å²) in [4.78, 5) is 4.09. The van der Waals surface area contributed by atoms with Gasteiger partial charge in [-0.05, 0) is 24.6 Å². The van der Waals surface area contributed by atoms with Crippen LogP contribution in [0.25, 0.3) is 0 Å². The van der Waals surface area contributed by atoms with Crippen LogP contribution in [0.5, 0.6) is 0 Å². The number of nitrogens with one attached hydrogen (secondary N) is 1. The molecule has 16 heavy (non-hydrogen) atoms. The monoisotopic (exact) mass is 237 g/mol. The fourth-order valence-electron chi connectivity index (χ4n) is 1.33. The van der Waals surface area contributed by atoms with Gasteiger partial charge in [0.25, 0.3) is 0 Å². The summed E-state index contributed by atoms with van der Waals surface area (Å²) in [6.45, 7) is 3.12. The molecule has 0 unspecified atom stereocenters. The van der Waals surface area contributed by atoms with Gasteiger partial charge in [0.05, 0.1) is 6.54 Å². The Kier molecular flexibility index (Phi) is 3.54. The fourth-order valence-corrected chi connectivity index (χ4v) is 1.45. The van der Waals surface area contributed by atoms with Gasteiger partial charge in [0.15, 0.2) is 5.82 Å². The molecule has 84 valence electrons. The molecule has 0 bridgehead atoms. The zero-order valence-corrected chi connectivity index (χ0v) is 9.66. The van der Waals surface area contributed by atoms with Crippen LogP contribution in [0.2, 0.25) is 5.02 Å². The van der Waals surface area contributed by atoms with Gasteiger partial charge in [-0.15, -0.1) is 0 Å². The average molecular weight is 238 g/mol. The fraction of sp³-hybridized carbons (Fsp3) is 0.273. The van der Waals surface area contributed by atoms with Gasteiger partial charge < -0.3 is 9.84 Å². The number of hydrogen-bond donors (Lipinski definition) is 1. The SMILES string of the molecule is Cc1noc(CNCc2ccc(Cl)cc2)n1. The maximum Gasteiger partial charge on any atom is 0.240 e. The summed E-state index contributed by atoms with van der Waals surface area (Å²) in [6.07, 6.45) is 0. The van der Waals surface area contributed by atoms with Crippen molar-refractivity contribution in [3.8, 4) is 0 Å². The average Bonchev–Trinajstić information content (AvgIpc) is 2.67. The third-order valence-electron chi connectivity index (χ3n) is 2.09. The van der Waals surface area contributed by atoms with Crippen LogP contribution in [0.3, 0.4) is 0 Å². The molecule has 0 amide bonds. The topological polar surface area (TPSA) is 51.0 Å². The van der Waals surface area contributed by atoms with Crippen molar-refractivity contribution in [2.45, 2.75) is 20.0 Å². The molecule has 0 fully saturated rings. The smallest absolute Gasteiger partial charge is 0.240 e. The van der Waals surface area contributed by atoms with E-state index in [-0.39, 0.29) is 0 Å². The highest BCUT2D eigenvalue weighted by Gasteiger charge is 2.01. The quantitative estimate of drug-likeness (QED) is 0.887. The summed E-state index contributed by atoms with van der Waals surface area (Å²) in [6, 6.07) is 7.70. The molecule has 0 atom stereocenters. The molecule has 0 aliphatic heterocycles. The number of benzene rings is 1. The summed E-state index contributed by atoms with van der Waals surface area (Å²) >= 11 is 5.79. The first-order valence-corrected chi connectivity index (χ1v) is 5.36. The highest BCUT2D eigenvalue weighted by Crippen LogP contribution is 2.09. The predicted octanol–water partition coefficient (Wildman–Crippen LogP) is 2.32. The summed E-state index contributed by atoms with van der Waals surface area (Å²) in [5.74, 6) is 1.26. The standard InChI is InChI=1S/C11H12ClN3O/c1-8-14-11(16-15-8)7-13-6-9-2-4-10(12)5-3-9/h2-5,13H,6-7H2,1H3. The lowest BCUT2D eigenvalue weighted by Crippen LogP contribution is -2.12. The summed E-state index contributed by atoms with van der Waals surface area (Å²) in [5, 5.41) is 7.67. The third-order valence-corrected chi connectivity index (χ3v) is 2.34. The van der Waals surface area contributed by atoms with Crippen LogP contribution < -0.4 is 5.32 Å². The molecule has 5 heteroatoms. The molecule has 0 aliphatic rings. The largest absolute Gasteiger partial charge is 0.338 e. The Bertz CT molecular complexity index is 453. The molecule has 0 radical (unpaired) electrons. The minimum atomic E-state index is 0.573. The second-order valence-corrected chi connectivity index (χ2v) is 3.90. The van der Waals surface area contributed by atoms with Crippen molar-refractivity contribution >= 4 is 11.6 Å². The third kappa shape index (κ3) is 3.05. The lowest BCUT2D eigenvalue weighted by Gasteiger charge is -2.01. The van der Waals surface area contributed by atoms with Gasteiger partial charge >= 0.3 is 0 Å². The molecule has 1 aromatic heterocycles. The second kappa shape index (κ2) is 5.09. The molecule has 0 aliphatic carbocycles. The Labute approximate surface area is 98.6 Å². The van der Waals surface area contributed by atoms with Gasteiger partial charge in [-0.25, -0.2) is 0 Å². The first kappa shape index (κ1) is 11.1. The van der Waals surface area contributed by atoms with Crippen molar-refractivity contribution in [1.29, 1.82) is 0 Å². The van der Waals surface area contributed by atoms with Crippen molar-refractivity contribution in [1.82, 2.24) is 15.5 Å². The Morgan fingerprint density at radius 1 is 1.25 bits per heavy atom. The van der Waals surface area contributed by atoms with E-state index in [4.69, 9.17) is 16.1 Å². The number of rotatable bonds is 4. The van der Waals surface area contributed by atoms with Gasteiger partial charge in [-0.3, -0.25) is 0 Å². The Morgan fingerprint density at radius 2 is 2.00 bits per heavy atom. The molecule has 2 rings (SSSR count). The molecule has 2 aromatic rings. The molecular weight excluding hydrogens is 226 g/mol. The highest BCUT2D eigenvalue weighted by atomic mass is 35.5. The normalized spacial score (nSPS) is 10.6. The van der Waals surface area contributed by atoms with Crippen LogP contribution in [-0.2, 0) is 13.1 Å². The van der Waals surface area contributed by atoms with E-state index in [1.165, 1.54) is 5.56 Å². The van der Waals surface area contributed by atoms with Crippen LogP contribution in [0.1, 0.15) is 17.3 Å². The Morgan fingerprint density at radius 3 is 2.62 bits per heavy atom. The zero-order valence-electron chi connectivity index (χ0n) is 8.90. The lowest BCUT2D eigenvalue weighted by molar-refractivity contribution is 0.364. The number of halogens is 1. The highest BCUT2D eigenvalue weighted by molar-refractivity contribution is 6.30. The van der Waals surface area contributed by atoms with E-state index in [1.807, 2.05) is 24.3 Å². The molecular formula is C11H12ClN3O. The Hall–Kier alpha value is -1.39. The zero-order chi connectivity index (χ0) is 11.4. The van der Waals surface area contributed by atoms with E-state index in [2.05, 4.69) is 15.5 Å². The van der Waals surface area contributed by atoms with Crippen molar-refractivity contribution < 1.29 is 4.52 Å². The van der Waals surface area contributed by atoms with Crippen molar-refractivity contribution in [3.05, 3.63) is 46.6 Å². The number of nitrogens with zero attached hydrogens (tertiary/aromatic N) is 2. The first-order chi connectivity index (χ1) is 7.74. The molecule has 0 saturated heterocycles. The molecule has 1 N–H and O–H groups in total. The van der Waals surface area contributed by atoms with Crippen LogP contribution in [0.4, 0.5) is 0 Å². The molecule has 0 saturated carbocycles. The van der Waals surface area contributed by atoms with Gasteiger partial charge in [0.1, 0.15) is 0 Å². The van der Waals surface area contributed by atoms with Gasteiger partial charge in [0, 0.05) is 11.6 Å². The molecule has 4 nitrogen and oxygen atoms in total. The van der Waals surface area contributed by atoms with Gasteiger partial charge in [-0.1, -0.05) is 28.9 Å². The second-order valence-electron chi connectivity index (χ2n) is 3.47. The summed E-state index contributed by atoms with van der Waals surface area (Å²) in [5.41, 5.74) is 1.17. The molecule has 1 heterocycles. The van der Waals surface area contributed by atoms with Crippen LogP contribution in [-0.4, -0.2) is 10.1 Å².